The average Bonchev–Trinajstić information content (AvgIpc) is 2.78. The predicted molar refractivity (Wildman–Crippen MR) is 66.9 cm³/mol. The van der Waals surface area contributed by atoms with Gasteiger partial charge in [-0.15, -0.1) is 0 Å². The lowest BCUT2D eigenvalue weighted by Crippen LogP contribution is -1.89. The molecule has 2 rings (SSSR count). The number of methoxy groups -OCH3 is 1. The van der Waals surface area contributed by atoms with Crippen molar-refractivity contribution in [3.8, 4) is 17.0 Å². The van der Waals surface area contributed by atoms with E-state index in [2.05, 4.69) is 37.0 Å². The fourth-order valence-electron chi connectivity index (χ4n) is 1.87. The molecule has 0 saturated heterocycles. The Morgan fingerprint density at radius 1 is 1.06 bits per heavy atom. The van der Waals surface area contributed by atoms with Crippen LogP contribution < -0.4 is 4.74 Å². The van der Waals surface area contributed by atoms with Gasteiger partial charge in [-0.25, -0.2) is 0 Å². The number of hydrogen-bond donors (Lipinski definition) is 1. The summed E-state index contributed by atoms with van der Waals surface area (Å²) >= 11 is 0. The zero-order valence-corrected chi connectivity index (χ0v) is 9.95. The Morgan fingerprint density at radius 2 is 1.75 bits per heavy atom. The second-order valence-corrected chi connectivity index (χ2v) is 4.19. The molecule has 2 aromatic rings. The zero-order valence-electron chi connectivity index (χ0n) is 9.95. The van der Waals surface area contributed by atoms with Gasteiger partial charge in [0.1, 0.15) is 5.75 Å². The Morgan fingerprint density at radius 3 is 2.31 bits per heavy atom. The van der Waals surface area contributed by atoms with Crippen LogP contribution in [0.3, 0.4) is 0 Å². The molecular formula is C14H17NO. The van der Waals surface area contributed by atoms with Crippen LogP contribution in [0, 0.1) is 0 Å². The molecule has 0 unspecified atom stereocenters. The highest BCUT2D eigenvalue weighted by atomic mass is 16.5. The molecule has 2 heteroatoms. The highest BCUT2D eigenvalue weighted by molar-refractivity contribution is 5.64. The number of rotatable bonds is 3. The van der Waals surface area contributed by atoms with E-state index in [-0.39, 0.29) is 0 Å². The molecule has 0 bridgehead atoms. The Balaban J connectivity index is 2.38. The highest BCUT2D eigenvalue weighted by Crippen LogP contribution is 2.28. The molecule has 2 nitrogen and oxygen atoms in total. The van der Waals surface area contributed by atoms with Gasteiger partial charge in [-0.2, -0.15) is 0 Å². The molecule has 0 saturated carbocycles. The van der Waals surface area contributed by atoms with Crippen molar-refractivity contribution in [2.75, 3.05) is 7.11 Å². The molecule has 0 radical (unpaired) electrons. The van der Waals surface area contributed by atoms with E-state index in [1.54, 1.807) is 7.11 Å². The third kappa shape index (κ3) is 1.96. The molecule has 0 atom stereocenters. The fourth-order valence-corrected chi connectivity index (χ4v) is 1.87. The first kappa shape index (κ1) is 10.8. The second kappa shape index (κ2) is 4.44. The molecule has 84 valence electrons. The third-order valence-corrected chi connectivity index (χ3v) is 2.78. The summed E-state index contributed by atoms with van der Waals surface area (Å²) in [5, 5.41) is 0. The summed E-state index contributed by atoms with van der Waals surface area (Å²) in [5.41, 5.74) is 3.76. The lowest BCUT2D eigenvalue weighted by Gasteiger charge is -2.08. The highest BCUT2D eigenvalue weighted by Gasteiger charge is 2.09. The molecule has 1 N–H and O–H groups in total. The second-order valence-electron chi connectivity index (χ2n) is 4.19. The van der Waals surface area contributed by atoms with Gasteiger partial charge in [-0.05, 0) is 47.4 Å². The number of H-pyrrole nitrogens is 1. The normalized spacial score (nSPS) is 10.8. The van der Waals surface area contributed by atoms with E-state index < -0.39 is 0 Å². The van der Waals surface area contributed by atoms with Crippen molar-refractivity contribution in [3.05, 3.63) is 42.1 Å². The van der Waals surface area contributed by atoms with Crippen molar-refractivity contribution in [2.24, 2.45) is 0 Å². The van der Waals surface area contributed by atoms with Crippen LogP contribution in [0.2, 0.25) is 0 Å². The molecule has 0 aliphatic rings. The number of ether oxygens (including phenoxy) is 1. The van der Waals surface area contributed by atoms with Crippen molar-refractivity contribution in [1.82, 2.24) is 4.98 Å². The zero-order chi connectivity index (χ0) is 11.5. The van der Waals surface area contributed by atoms with Crippen molar-refractivity contribution < 1.29 is 4.74 Å². The Labute approximate surface area is 96.3 Å². The van der Waals surface area contributed by atoms with E-state index in [9.17, 15) is 0 Å². The van der Waals surface area contributed by atoms with Gasteiger partial charge in [0.05, 0.1) is 7.11 Å². The van der Waals surface area contributed by atoms with E-state index in [0.29, 0.717) is 5.92 Å². The van der Waals surface area contributed by atoms with Gasteiger partial charge in [0.15, 0.2) is 0 Å². The molecule has 16 heavy (non-hydrogen) atoms. The molecule has 0 fully saturated rings. The van der Waals surface area contributed by atoms with Crippen molar-refractivity contribution in [2.45, 2.75) is 19.8 Å². The molecule has 0 aliphatic heterocycles. The van der Waals surface area contributed by atoms with E-state index in [4.69, 9.17) is 4.74 Å². The van der Waals surface area contributed by atoms with Crippen LogP contribution in [0.4, 0.5) is 0 Å². The Hall–Kier alpha value is -1.70. The van der Waals surface area contributed by atoms with E-state index in [0.717, 1.165) is 5.75 Å². The van der Waals surface area contributed by atoms with Crippen molar-refractivity contribution in [1.29, 1.82) is 0 Å². The van der Waals surface area contributed by atoms with Crippen LogP contribution in [0.1, 0.15) is 25.3 Å². The summed E-state index contributed by atoms with van der Waals surface area (Å²) in [6.45, 7) is 4.41. The van der Waals surface area contributed by atoms with Gasteiger partial charge >= 0.3 is 0 Å². The molecule has 1 aromatic heterocycles. The molecule has 0 spiro atoms. The lowest BCUT2D eigenvalue weighted by molar-refractivity contribution is 0.415. The fraction of sp³-hybridized carbons (Fsp3) is 0.286. The summed E-state index contributed by atoms with van der Waals surface area (Å²) in [6, 6.07) is 10.3. The predicted octanol–water partition coefficient (Wildman–Crippen LogP) is 3.81. The van der Waals surface area contributed by atoms with E-state index >= 15 is 0 Å². The number of aromatic nitrogens is 1. The summed E-state index contributed by atoms with van der Waals surface area (Å²) in [5.74, 6) is 1.42. The largest absolute Gasteiger partial charge is 0.497 e. The Bertz CT molecular complexity index is 454. The monoisotopic (exact) mass is 215 g/mol. The van der Waals surface area contributed by atoms with Crippen LogP contribution >= 0.6 is 0 Å². The van der Waals surface area contributed by atoms with Crippen LogP contribution in [0.25, 0.3) is 11.3 Å². The van der Waals surface area contributed by atoms with E-state index in [1.165, 1.54) is 16.8 Å². The first-order chi connectivity index (χ1) is 7.72. The summed E-state index contributed by atoms with van der Waals surface area (Å²) < 4.78 is 5.15. The van der Waals surface area contributed by atoms with Gasteiger partial charge < -0.3 is 9.72 Å². The number of benzene rings is 1. The molecular weight excluding hydrogens is 198 g/mol. The standard InChI is InChI=1S/C14H17NO/c1-10(2)13-8-9-15-14(13)11-4-6-12(16-3)7-5-11/h4-10,15H,1-3H3. The molecule has 0 aliphatic carbocycles. The van der Waals surface area contributed by atoms with Gasteiger partial charge in [-0.1, -0.05) is 13.8 Å². The van der Waals surface area contributed by atoms with Gasteiger partial charge in [0.2, 0.25) is 0 Å². The maximum Gasteiger partial charge on any atom is 0.118 e. The van der Waals surface area contributed by atoms with Crippen LogP contribution in [-0.4, -0.2) is 12.1 Å². The quantitative estimate of drug-likeness (QED) is 0.827. The lowest BCUT2D eigenvalue weighted by atomic mass is 9.99. The maximum atomic E-state index is 5.15. The average molecular weight is 215 g/mol. The summed E-state index contributed by atoms with van der Waals surface area (Å²) in [6.07, 6.45) is 1.99. The SMILES string of the molecule is COc1ccc(-c2[nH]ccc2C(C)C)cc1. The first-order valence-corrected chi connectivity index (χ1v) is 5.54. The van der Waals surface area contributed by atoms with Crippen LogP contribution in [-0.2, 0) is 0 Å². The van der Waals surface area contributed by atoms with Crippen molar-refractivity contribution in [3.63, 3.8) is 0 Å². The minimum atomic E-state index is 0.531. The van der Waals surface area contributed by atoms with Gasteiger partial charge in [0, 0.05) is 11.9 Å². The maximum absolute atomic E-state index is 5.15. The number of aromatic amines is 1. The summed E-state index contributed by atoms with van der Waals surface area (Å²) in [4.78, 5) is 3.30. The number of nitrogens with one attached hydrogen (secondary N) is 1. The summed E-state index contributed by atoms with van der Waals surface area (Å²) in [7, 11) is 1.68. The minimum Gasteiger partial charge on any atom is -0.497 e. The van der Waals surface area contributed by atoms with Crippen LogP contribution in [0.15, 0.2) is 36.5 Å². The van der Waals surface area contributed by atoms with Crippen molar-refractivity contribution >= 4 is 0 Å². The molecule has 0 amide bonds. The minimum absolute atomic E-state index is 0.531. The van der Waals surface area contributed by atoms with Crippen LogP contribution in [0.5, 0.6) is 5.75 Å². The third-order valence-electron chi connectivity index (χ3n) is 2.78. The van der Waals surface area contributed by atoms with Gasteiger partial charge in [-0.3, -0.25) is 0 Å². The molecule has 1 heterocycles. The first-order valence-electron chi connectivity index (χ1n) is 5.54. The van der Waals surface area contributed by atoms with Gasteiger partial charge in [0.25, 0.3) is 0 Å². The smallest absolute Gasteiger partial charge is 0.118 e. The molecule has 1 aromatic carbocycles. The topological polar surface area (TPSA) is 25.0 Å². The Kier molecular flexibility index (Phi) is 3.00. The van der Waals surface area contributed by atoms with E-state index in [1.807, 2.05) is 18.3 Å². The number of hydrogen-bond acceptors (Lipinski definition) is 1.